The molecule has 3 aromatic rings. The van der Waals surface area contributed by atoms with Gasteiger partial charge in [0, 0.05) is 23.5 Å². The smallest absolute Gasteiger partial charge is 0.275 e. The summed E-state index contributed by atoms with van der Waals surface area (Å²) in [5.41, 5.74) is 1.50. The van der Waals surface area contributed by atoms with Crippen molar-refractivity contribution in [1.29, 1.82) is 0 Å². The molecule has 9 heteroatoms. The molecule has 1 aliphatic rings. The molecule has 1 aromatic heterocycles. The fourth-order valence-electron chi connectivity index (χ4n) is 2.74. The van der Waals surface area contributed by atoms with Gasteiger partial charge in [0.15, 0.2) is 23.0 Å². The molecule has 29 heavy (non-hydrogen) atoms. The average molecular weight is 394 g/mol. The molecular formula is C20H18N4O5. The summed E-state index contributed by atoms with van der Waals surface area (Å²) in [7, 11) is 3.14. The quantitative estimate of drug-likeness (QED) is 0.657. The maximum atomic E-state index is 12.4. The van der Waals surface area contributed by atoms with E-state index in [9.17, 15) is 4.79 Å². The number of ether oxygens (including phenoxy) is 4. The van der Waals surface area contributed by atoms with Crippen LogP contribution in [0.25, 0.3) is 0 Å². The Kier molecular flexibility index (Phi) is 5.02. The predicted molar refractivity (Wildman–Crippen MR) is 105 cm³/mol. The zero-order chi connectivity index (χ0) is 20.2. The lowest BCUT2D eigenvalue weighted by Crippen LogP contribution is -2.14. The van der Waals surface area contributed by atoms with Crippen molar-refractivity contribution in [2.24, 2.45) is 0 Å². The number of hydrogen-bond acceptors (Lipinski definition) is 8. The molecule has 0 fully saturated rings. The van der Waals surface area contributed by atoms with E-state index in [1.165, 1.54) is 12.4 Å². The molecule has 1 aliphatic heterocycles. The lowest BCUT2D eigenvalue weighted by molar-refractivity contribution is 0.102. The van der Waals surface area contributed by atoms with Crippen LogP contribution in [0.2, 0.25) is 0 Å². The number of methoxy groups -OCH3 is 2. The highest BCUT2D eigenvalue weighted by molar-refractivity contribution is 6.02. The number of rotatable bonds is 6. The first-order valence-corrected chi connectivity index (χ1v) is 8.68. The summed E-state index contributed by atoms with van der Waals surface area (Å²) in [4.78, 5) is 20.8. The molecule has 2 N–H and O–H groups in total. The average Bonchev–Trinajstić information content (AvgIpc) is 3.22. The topological polar surface area (TPSA) is 104 Å². The van der Waals surface area contributed by atoms with Crippen molar-refractivity contribution in [3.8, 4) is 23.0 Å². The van der Waals surface area contributed by atoms with E-state index >= 15 is 0 Å². The van der Waals surface area contributed by atoms with Crippen LogP contribution >= 0.6 is 0 Å². The second kappa shape index (κ2) is 7.93. The summed E-state index contributed by atoms with van der Waals surface area (Å²) in [6.45, 7) is 0.173. The number of nitrogens with one attached hydrogen (secondary N) is 2. The number of fused-ring (bicyclic) bond motifs is 1. The minimum atomic E-state index is -0.381. The van der Waals surface area contributed by atoms with Gasteiger partial charge < -0.3 is 29.6 Å². The number of amides is 1. The van der Waals surface area contributed by atoms with Gasteiger partial charge in [-0.15, -0.1) is 0 Å². The Morgan fingerprint density at radius 3 is 2.48 bits per heavy atom. The first-order chi connectivity index (χ1) is 14.2. The van der Waals surface area contributed by atoms with Gasteiger partial charge in [0.1, 0.15) is 11.5 Å². The van der Waals surface area contributed by atoms with Crippen molar-refractivity contribution in [3.05, 3.63) is 54.5 Å². The highest BCUT2D eigenvalue weighted by atomic mass is 16.7. The first-order valence-electron chi connectivity index (χ1n) is 8.68. The Morgan fingerprint density at radius 1 is 0.931 bits per heavy atom. The molecule has 0 radical (unpaired) electrons. The van der Waals surface area contributed by atoms with E-state index in [2.05, 4.69) is 20.6 Å². The second-order valence-corrected chi connectivity index (χ2v) is 6.00. The fraction of sp³-hybridized carbons (Fsp3) is 0.150. The maximum absolute atomic E-state index is 12.4. The third-order valence-electron chi connectivity index (χ3n) is 4.17. The molecule has 2 aromatic carbocycles. The van der Waals surface area contributed by atoms with Crippen LogP contribution in [0, 0.1) is 0 Å². The standard InChI is InChI=1S/C20H18N4O5/c1-26-15-5-3-12(7-17(15)27-2)23-19-10-21-14(9-22-19)20(25)24-13-4-6-16-18(8-13)29-11-28-16/h3-10H,11H2,1-2H3,(H,22,23)(H,24,25). The van der Waals surface area contributed by atoms with E-state index in [1.807, 2.05) is 6.07 Å². The summed E-state index contributed by atoms with van der Waals surface area (Å²) in [6, 6.07) is 10.5. The summed E-state index contributed by atoms with van der Waals surface area (Å²) in [5.74, 6) is 2.55. The Hall–Kier alpha value is -4.01. The van der Waals surface area contributed by atoms with Gasteiger partial charge in [0.25, 0.3) is 5.91 Å². The van der Waals surface area contributed by atoms with E-state index in [0.717, 1.165) is 5.69 Å². The van der Waals surface area contributed by atoms with Crippen molar-refractivity contribution < 1.29 is 23.7 Å². The SMILES string of the molecule is COc1ccc(Nc2cnc(C(=O)Nc3ccc4c(c3)OCO4)cn2)cc1OC. The molecular weight excluding hydrogens is 376 g/mol. The molecule has 0 atom stereocenters. The summed E-state index contributed by atoms with van der Waals surface area (Å²) < 4.78 is 21.1. The fourth-order valence-corrected chi connectivity index (χ4v) is 2.74. The molecule has 0 spiro atoms. The number of benzene rings is 2. The van der Waals surface area contributed by atoms with Gasteiger partial charge >= 0.3 is 0 Å². The highest BCUT2D eigenvalue weighted by Crippen LogP contribution is 2.34. The van der Waals surface area contributed by atoms with Gasteiger partial charge in [-0.25, -0.2) is 9.97 Å². The largest absolute Gasteiger partial charge is 0.493 e. The van der Waals surface area contributed by atoms with E-state index in [0.29, 0.717) is 34.5 Å². The molecule has 148 valence electrons. The maximum Gasteiger partial charge on any atom is 0.275 e. The molecule has 2 heterocycles. The van der Waals surface area contributed by atoms with Gasteiger partial charge in [-0.1, -0.05) is 0 Å². The van der Waals surface area contributed by atoms with Crippen LogP contribution in [0.5, 0.6) is 23.0 Å². The zero-order valence-electron chi connectivity index (χ0n) is 15.8. The third kappa shape index (κ3) is 3.98. The van der Waals surface area contributed by atoms with Crippen LogP contribution in [0.4, 0.5) is 17.2 Å². The van der Waals surface area contributed by atoms with E-state index in [4.69, 9.17) is 18.9 Å². The van der Waals surface area contributed by atoms with Crippen molar-refractivity contribution in [2.75, 3.05) is 31.6 Å². The molecule has 0 aliphatic carbocycles. The molecule has 1 amide bonds. The molecule has 4 rings (SSSR count). The number of carbonyl (C=O) groups is 1. The number of nitrogens with zero attached hydrogens (tertiary/aromatic N) is 2. The predicted octanol–water partition coefficient (Wildman–Crippen LogP) is 3.22. The minimum absolute atomic E-state index is 0.173. The Morgan fingerprint density at radius 2 is 1.72 bits per heavy atom. The molecule has 0 saturated heterocycles. The van der Waals surface area contributed by atoms with Crippen LogP contribution in [0.1, 0.15) is 10.5 Å². The van der Waals surface area contributed by atoms with E-state index in [1.54, 1.807) is 44.6 Å². The van der Waals surface area contributed by atoms with Crippen LogP contribution in [0.15, 0.2) is 48.8 Å². The van der Waals surface area contributed by atoms with Crippen LogP contribution in [0.3, 0.4) is 0 Å². The van der Waals surface area contributed by atoms with E-state index < -0.39 is 0 Å². The van der Waals surface area contributed by atoms with Crippen LogP contribution < -0.4 is 29.6 Å². The lowest BCUT2D eigenvalue weighted by atomic mass is 10.2. The van der Waals surface area contributed by atoms with Gasteiger partial charge in [-0.05, 0) is 24.3 Å². The van der Waals surface area contributed by atoms with E-state index in [-0.39, 0.29) is 18.4 Å². The molecule has 9 nitrogen and oxygen atoms in total. The van der Waals surface area contributed by atoms with Crippen LogP contribution in [-0.4, -0.2) is 36.9 Å². The van der Waals surface area contributed by atoms with Crippen molar-refractivity contribution >= 4 is 23.1 Å². The van der Waals surface area contributed by atoms with Crippen molar-refractivity contribution in [3.63, 3.8) is 0 Å². The second-order valence-electron chi connectivity index (χ2n) is 6.00. The highest BCUT2D eigenvalue weighted by Gasteiger charge is 2.15. The van der Waals surface area contributed by atoms with Gasteiger partial charge in [0.2, 0.25) is 6.79 Å². The van der Waals surface area contributed by atoms with Crippen molar-refractivity contribution in [1.82, 2.24) is 9.97 Å². The monoisotopic (exact) mass is 394 g/mol. The number of hydrogen-bond donors (Lipinski definition) is 2. The molecule has 0 unspecified atom stereocenters. The third-order valence-corrected chi connectivity index (χ3v) is 4.17. The van der Waals surface area contributed by atoms with Gasteiger partial charge in [0.05, 0.1) is 26.6 Å². The number of aromatic nitrogens is 2. The Bertz CT molecular complexity index is 1040. The van der Waals surface area contributed by atoms with Crippen molar-refractivity contribution in [2.45, 2.75) is 0 Å². The van der Waals surface area contributed by atoms with Gasteiger partial charge in [-0.2, -0.15) is 0 Å². The first kappa shape index (κ1) is 18.4. The molecule has 0 bridgehead atoms. The number of anilines is 3. The normalized spacial score (nSPS) is 11.7. The number of carbonyl (C=O) groups excluding carboxylic acids is 1. The lowest BCUT2D eigenvalue weighted by Gasteiger charge is -2.11. The zero-order valence-corrected chi connectivity index (χ0v) is 15.8. The Labute approximate surface area is 166 Å². The molecule has 0 saturated carbocycles. The summed E-state index contributed by atoms with van der Waals surface area (Å²) in [6.07, 6.45) is 2.87. The van der Waals surface area contributed by atoms with Crippen LogP contribution in [-0.2, 0) is 0 Å². The summed E-state index contributed by atoms with van der Waals surface area (Å²) in [5, 5.41) is 5.86. The minimum Gasteiger partial charge on any atom is -0.493 e. The Balaban J connectivity index is 1.43. The summed E-state index contributed by atoms with van der Waals surface area (Å²) >= 11 is 0. The van der Waals surface area contributed by atoms with Gasteiger partial charge in [-0.3, -0.25) is 4.79 Å².